The number of carbonyl (C=O) groups is 2. The summed E-state index contributed by atoms with van der Waals surface area (Å²) in [5.41, 5.74) is 2.45. The summed E-state index contributed by atoms with van der Waals surface area (Å²) in [6, 6.07) is 6.80. The average Bonchev–Trinajstić information content (AvgIpc) is 2.95. The SMILES string of the molecule is CC1(C)CC(=O)c2c(noc2Cc2ccc(C(=O)NCCS(N)(=O)=O)cc2)C1. The van der Waals surface area contributed by atoms with Gasteiger partial charge in [-0.05, 0) is 29.5 Å². The number of rotatable bonds is 6. The summed E-state index contributed by atoms with van der Waals surface area (Å²) in [5.74, 6) is -0.114. The normalized spacial score (nSPS) is 15.9. The van der Waals surface area contributed by atoms with Gasteiger partial charge in [0.2, 0.25) is 10.0 Å². The molecule has 2 aromatic rings. The van der Waals surface area contributed by atoms with Gasteiger partial charge in [-0.15, -0.1) is 0 Å². The summed E-state index contributed by atoms with van der Waals surface area (Å²) in [6.07, 6.45) is 1.57. The Morgan fingerprint density at radius 2 is 1.93 bits per heavy atom. The van der Waals surface area contributed by atoms with E-state index in [-0.39, 0.29) is 29.4 Å². The van der Waals surface area contributed by atoms with Gasteiger partial charge in [-0.2, -0.15) is 0 Å². The molecule has 3 rings (SSSR count). The van der Waals surface area contributed by atoms with Crippen molar-refractivity contribution in [2.45, 2.75) is 33.1 Å². The number of fused-ring (bicyclic) bond motifs is 1. The second-order valence-electron chi connectivity index (χ2n) is 7.86. The van der Waals surface area contributed by atoms with E-state index >= 15 is 0 Å². The Morgan fingerprint density at radius 1 is 1.25 bits per heavy atom. The predicted molar refractivity (Wildman–Crippen MR) is 102 cm³/mol. The Labute approximate surface area is 163 Å². The van der Waals surface area contributed by atoms with Gasteiger partial charge in [0, 0.05) is 24.9 Å². The number of carbonyl (C=O) groups excluding carboxylic acids is 2. The number of hydrogen-bond acceptors (Lipinski definition) is 6. The largest absolute Gasteiger partial charge is 0.360 e. The fourth-order valence-electron chi connectivity index (χ4n) is 3.33. The quantitative estimate of drug-likeness (QED) is 0.747. The molecule has 28 heavy (non-hydrogen) atoms. The maximum Gasteiger partial charge on any atom is 0.251 e. The lowest BCUT2D eigenvalue weighted by molar-refractivity contribution is 0.0909. The van der Waals surface area contributed by atoms with Gasteiger partial charge >= 0.3 is 0 Å². The van der Waals surface area contributed by atoms with Crippen molar-refractivity contribution in [1.82, 2.24) is 10.5 Å². The second kappa shape index (κ2) is 7.48. The van der Waals surface area contributed by atoms with Gasteiger partial charge in [-0.3, -0.25) is 9.59 Å². The van der Waals surface area contributed by atoms with Crippen LogP contribution in [-0.2, 0) is 22.9 Å². The first-order chi connectivity index (χ1) is 13.0. The van der Waals surface area contributed by atoms with Gasteiger partial charge in [0.05, 0.1) is 17.0 Å². The van der Waals surface area contributed by atoms with Crippen LogP contribution >= 0.6 is 0 Å². The molecular formula is C19H23N3O5S. The Hall–Kier alpha value is -2.52. The van der Waals surface area contributed by atoms with Crippen molar-refractivity contribution in [3.8, 4) is 0 Å². The Kier molecular flexibility index (Phi) is 5.40. The number of hydrogen-bond donors (Lipinski definition) is 2. The molecule has 9 heteroatoms. The van der Waals surface area contributed by atoms with E-state index in [0.29, 0.717) is 41.8 Å². The zero-order valence-corrected chi connectivity index (χ0v) is 16.6. The average molecular weight is 405 g/mol. The van der Waals surface area contributed by atoms with Gasteiger partial charge in [0.15, 0.2) is 11.5 Å². The number of sulfonamides is 1. The smallest absolute Gasteiger partial charge is 0.251 e. The fraction of sp³-hybridized carbons (Fsp3) is 0.421. The van der Waals surface area contributed by atoms with Crippen molar-refractivity contribution in [3.63, 3.8) is 0 Å². The zero-order valence-electron chi connectivity index (χ0n) is 15.8. The summed E-state index contributed by atoms with van der Waals surface area (Å²) in [4.78, 5) is 24.5. The van der Waals surface area contributed by atoms with Crippen molar-refractivity contribution >= 4 is 21.7 Å². The van der Waals surface area contributed by atoms with Crippen LogP contribution in [0, 0.1) is 5.41 Å². The topological polar surface area (TPSA) is 132 Å². The number of nitrogens with two attached hydrogens (primary N) is 1. The van der Waals surface area contributed by atoms with Gasteiger partial charge in [0.1, 0.15) is 0 Å². The standard InChI is InChI=1S/C19H23N3O5S/c1-19(2)10-14-17(15(23)11-19)16(27-22-14)9-12-3-5-13(6-4-12)18(24)21-7-8-28(20,25)26/h3-6H,7-11H2,1-2H3,(H,21,24)(H2,20,25,26). The molecule has 0 radical (unpaired) electrons. The molecule has 1 aromatic heterocycles. The van der Waals surface area contributed by atoms with Crippen molar-refractivity contribution in [1.29, 1.82) is 0 Å². The Bertz CT molecular complexity index is 1010. The van der Waals surface area contributed by atoms with E-state index in [9.17, 15) is 18.0 Å². The third-order valence-corrected chi connectivity index (χ3v) is 5.42. The van der Waals surface area contributed by atoms with Crippen LogP contribution in [0.3, 0.4) is 0 Å². The number of Topliss-reactive ketones (excluding diaryl/α,β-unsaturated/α-hetero) is 1. The molecule has 0 saturated carbocycles. The molecule has 1 aromatic carbocycles. The van der Waals surface area contributed by atoms with E-state index in [2.05, 4.69) is 10.5 Å². The molecule has 8 nitrogen and oxygen atoms in total. The van der Waals surface area contributed by atoms with Crippen molar-refractivity contribution < 1.29 is 22.5 Å². The number of amides is 1. The van der Waals surface area contributed by atoms with E-state index in [1.165, 1.54) is 0 Å². The molecular weight excluding hydrogens is 382 g/mol. The molecule has 0 unspecified atom stereocenters. The highest BCUT2D eigenvalue weighted by Gasteiger charge is 2.35. The third-order valence-electron chi connectivity index (χ3n) is 4.65. The molecule has 0 atom stereocenters. The number of aromatic nitrogens is 1. The summed E-state index contributed by atoms with van der Waals surface area (Å²) in [7, 11) is -3.62. The Balaban J connectivity index is 1.67. The first kappa shape index (κ1) is 20.2. The van der Waals surface area contributed by atoms with Crippen LogP contribution < -0.4 is 10.5 Å². The first-order valence-electron chi connectivity index (χ1n) is 8.92. The molecule has 1 aliphatic rings. The Morgan fingerprint density at radius 3 is 2.57 bits per heavy atom. The first-order valence-corrected chi connectivity index (χ1v) is 10.6. The van der Waals surface area contributed by atoms with Gasteiger partial charge in [0.25, 0.3) is 5.91 Å². The molecule has 150 valence electrons. The highest BCUT2D eigenvalue weighted by Crippen LogP contribution is 2.36. The van der Waals surface area contributed by atoms with E-state index in [1.807, 2.05) is 13.8 Å². The van der Waals surface area contributed by atoms with Crippen LogP contribution in [0.1, 0.15) is 58.0 Å². The van der Waals surface area contributed by atoms with E-state index in [0.717, 1.165) is 5.56 Å². The molecule has 0 aliphatic heterocycles. The molecule has 1 heterocycles. The van der Waals surface area contributed by atoms with E-state index in [4.69, 9.17) is 9.66 Å². The van der Waals surface area contributed by atoms with Crippen LogP contribution in [0.15, 0.2) is 28.8 Å². The minimum Gasteiger partial charge on any atom is -0.360 e. The summed E-state index contributed by atoms with van der Waals surface area (Å²) >= 11 is 0. The van der Waals surface area contributed by atoms with Crippen LogP contribution in [0.25, 0.3) is 0 Å². The highest BCUT2D eigenvalue weighted by molar-refractivity contribution is 7.89. The lowest BCUT2D eigenvalue weighted by Crippen LogP contribution is -2.31. The van der Waals surface area contributed by atoms with Crippen LogP contribution in [0.2, 0.25) is 0 Å². The summed E-state index contributed by atoms with van der Waals surface area (Å²) < 4.78 is 27.2. The fourth-order valence-corrected chi connectivity index (χ4v) is 3.71. The molecule has 0 spiro atoms. The molecule has 3 N–H and O–H groups in total. The third kappa shape index (κ3) is 4.85. The zero-order chi connectivity index (χ0) is 20.5. The van der Waals surface area contributed by atoms with Gasteiger partial charge < -0.3 is 9.84 Å². The summed E-state index contributed by atoms with van der Waals surface area (Å²) in [6.45, 7) is 4.02. The lowest BCUT2D eigenvalue weighted by atomic mass is 9.75. The van der Waals surface area contributed by atoms with Crippen molar-refractivity contribution in [3.05, 3.63) is 52.4 Å². The summed E-state index contributed by atoms with van der Waals surface area (Å²) in [5, 5.41) is 11.5. The number of nitrogens with zero attached hydrogens (tertiary/aromatic N) is 1. The maximum atomic E-state index is 12.5. The maximum absolute atomic E-state index is 12.5. The van der Waals surface area contributed by atoms with Crippen LogP contribution in [0.4, 0.5) is 0 Å². The second-order valence-corrected chi connectivity index (χ2v) is 9.60. The van der Waals surface area contributed by atoms with E-state index in [1.54, 1.807) is 24.3 Å². The van der Waals surface area contributed by atoms with E-state index < -0.39 is 10.0 Å². The number of nitrogens with one attached hydrogen (secondary N) is 1. The van der Waals surface area contributed by atoms with Gasteiger partial charge in [-0.1, -0.05) is 31.1 Å². The van der Waals surface area contributed by atoms with Crippen molar-refractivity contribution in [2.24, 2.45) is 10.6 Å². The van der Waals surface area contributed by atoms with Crippen LogP contribution in [-0.4, -0.2) is 37.6 Å². The van der Waals surface area contributed by atoms with Gasteiger partial charge in [-0.25, -0.2) is 13.6 Å². The monoisotopic (exact) mass is 405 g/mol. The molecule has 0 fully saturated rings. The number of primary sulfonamides is 1. The molecule has 1 aliphatic carbocycles. The minimum absolute atomic E-state index is 0.0494. The lowest BCUT2D eigenvalue weighted by Gasteiger charge is -2.26. The molecule has 0 saturated heterocycles. The molecule has 1 amide bonds. The van der Waals surface area contributed by atoms with Crippen molar-refractivity contribution in [2.75, 3.05) is 12.3 Å². The highest BCUT2D eigenvalue weighted by atomic mass is 32.2. The van der Waals surface area contributed by atoms with Crippen LogP contribution in [0.5, 0.6) is 0 Å². The number of benzene rings is 1. The number of ketones is 1. The molecule has 0 bridgehead atoms. The minimum atomic E-state index is -3.62. The predicted octanol–water partition coefficient (Wildman–Crippen LogP) is 1.44.